The second-order valence-electron chi connectivity index (χ2n) is 4.57. The Morgan fingerprint density at radius 3 is 2.43 bits per heavy atom. The highest BCUT2D eigenvalue weighted by atomic mass is 35.5. The minimum absolute atomic E-state index is 0. The highest BCUT2D eigenvalue weighted by Crippen LogP contribution is 2.17. The van der Waals surface area contributed by atoms with Gasteiger partial charge in [0.1, 0.15) is 11.6 Å². The van der Waals surface area contributed by atoms with E-state index in [0.717, 1.165) is 49.5 Å². The van der Waals surface area contributed by atoms with Gasteiger partial charge in [0.15, 0.2) is 0 Å². The molecule has 1 aliphatic heterocycles. The van der Waals surface area contributed by atoms with Crippen molar-refractivity contribution in [2.24, 2.45) is 0 Å². The van der Waals surface area contributed by atoms with E-state index >= 15 is 0 Å². The summed E-state index contributed by atoms with van der Waals surface area (Å²) in [4.78, 5) is 11.3. The second kappa shape index (κ2) is 9.23. The van der Waals surface area contributed by atoms with Gasteiger partial charge in [-0.1, -0.05) is 12.1 Å². The molecular formula is C13H20Cl3N5. The third-order valence-electron chi connectivity index (χ3n) is 3.25. The van der Waals surface area contributed by atoms with Crippen molar-refractivity contribution in [3.8, 4) is 0 Å². The summed E-state index contributed by atoms with van der Waals surface area (Å²) in [6, 6.07) is 7.87. The fourth-order valence-corrected chi connectivity index (χ4v) is 2.29. The summed E-state index contributed by atoms with van der Waals surface area (Å²) < 4.78 is 0. The standard InChI is InChI=1S/C13H17N5.3ClH/c14-13-10-3-1-2-4-11(10)16-12(17-13)9-18-7-5-15-6-8-18;;;/h1-4,15H,5-9H2,(H2,14,16,17);3*1H. The summed E-state index contributed by atoms with van der Waals surface area (Å²) in [5.41, 5.74) is 6.91. The van der Waals surface area contributed by atoms with Crippen LogP contribution in [0, 0.1) is 0 Å². The summed E-state index contributed by atoms with van der Waals surface area (Å²) in [6.07, 6.45) is 0. The molecule has 0 amide bonds. The van der Waals surface area contributed by atoms with Gasteiger partial charge < -0.3 is 11.1 Å². The molecule has 1 aromatic heterocycles. The number of nitrogens with zero attached hydrogens (tertiary/aromatic N) is 3. The number of para-hydroxylation sites is 1. The highest BCUT2D eigenvalue weighted by Gasteiger charge is 2.12. The molecule has 0 bridgehead atoms. The quantitative estimate of drug-likeness (QED) is 0.864. The minimum atomic E-state index is 0. The Hall–Kier alpha value is -0.850. The van der Waals surface area contributed by atoms with Crippen molar-refractivity contribution in [2.75, 3.05) is 31.9 Å². The molecule has 118 valence electrons. The van der Waals surface area contributed by atoms with Gasteiger partial charge >= 0.3 is 0 Å². The number of anilines is 1. The number of piperazine rings is 1. The summed E-state index contributed by atoms with van der Waals surface area (Å²) >= 11 is 0. The van der Waals surface area contributed by atoms with Gasteiger partial charge in [-0.2, -0.15) is 0 Å². The number of aromatic nitrogens is 2. The molecule has 1 fully saturated rings. The van der Waals surface area contributed by atoms with Crippen molar-refractivity contribution in [3.63, 3.8) is 0 Å². The van der Waals surface area contributed by atoms with E-state index in [1.807, 2.05) is 24.3 Å². The lowest BCUT2D eigenvalue weighted by molar-refractivity contribution is 0.228. The fourth-order valence-electron chi connectivity index (χ4n) is 2.29. The first-order valence-electron chi connectivity index (χ1n) is 6.27. The maximum atomic E-state index is 5.98. The molecule has 21 heavy (non-hydrogen) atoms. The van der Waals surface area contributed by atoms with Crippen LogP contribution in [0.1, 0.15) is 5.82 Å². The van der Waals surface area contributed by atoms with Crippen molar-refractivity contribution in [1.82, 2.24) is 20.2 Å². The second-order valence-corrected chi connectivity index (χ2v) is 4.57. The number of benzene rings is 1. The Morgan fingerprint density at radius 2 is 1.71 bits per heavy atom. The Balaban J connectivity index is 0.00000133. The van der Waals surface area contributed by atoms with Crippen LogP contribution in [0.3, 0.4) is 0 Å². The first-order chi connectivity index (χ1) is 8.83. The predicted molar refractivity (Wildman–Crippen MR) is 93.8 cm³/mol. The average molecular weight is 353 g/mol. The number of hydrogen-bond acceptors (Lipinski definition) is 5. The monoisotopic (exact) mass is 351 g/mol. The molecule has 2 heterocycles. The first-order valence-corrected chi connectivity index (χ1v) is 6.27. The largest absolute Gasteiger partial charge is 0.383 e. The Morgan fingerprint density at radius 1 is 1.05 bits per heavy atom. The molecule has 0 saturated carbocycles. The third kappa shape index (κ3) is 4.83. The van der Waals surface area contributed by atoms with Crippen LogP contribution in [0.25, 0.3) is 10.9 Å². The number of halogens is 3. The highest BCUT2D eigenvalue weighted by molar-refractivity contribution is 5.87. The Bertz CT molecular complexity index is 560. The van der Waals surface area contributed by atoms with Crippen LogP contribution in [0.4, 0.5) is 5.82 Å². The number of nitrogens with two attached hydrogens (primary N) is 1. The molecule has 8 heteroatoms. The molecule has 2 aromatic rings. The van der Waals surface area contributed by atoms with Gasteiger partial charge in [-0.3, -0.25) is 4.90 Å². The van der Waals surface area contributed by atoms with E-state index < -0.39 is 0 Å². The molecule has 0 spiro atoms. The molecule has 0 aliphatic carbocycles. The van der Waals surface area contributed by atoms with Crippen molar-refractivity contribution < 1.29 is 0 Å². The van der Waals surface area contributed by atoms with E-state index in [1.54, 1.807) is 0 Å². The smallest absolute Gasteiger partial charge is 0.145 e. The fraction of sp³-hybridized carbons (Fsp3) is 0.385. The zero-order valence-electron chi connectivity index (χ0n) is 11.5. The van der Waals surface area contributed by atoms with E-state index in [-0.39, 0.29) is 37.2 Å². The van der Waals surface area contributed by atoms with E-state index in [2.05, 4.69) is 20.2 Å². The molecule has 1 aromatic carbocycles. The van der Waals surface area contributed by atoms with Gasteiger partial charge in [0.05, 0.1) is 12.1 Å². The van der Waals surface area contributed by atoms with Crippen LogP contribution in [-0.4, -0.2) is 41.0 Å². The summed E-state index contributed by atoms with van der Waals surface area (Å²) in [6.45, 7) is 4.91. The van der Waals surface area contributed by atoms with E-state index in [1.165, 1.54) is 0 Å². The zero-order chi connectivity index (χ0) is 12.4. The van der Waals surface area contributed by atoms with Gasteiger partial charge in [-0.15, -0.1) is 37.2 Å². The van der Waals surface area contributed by atoms with Crippen LogP contribution >= 0.6 is 37.2 Å². The van der Waals surface area contributed by atoms with Crippen LogP contribution in [-0.2, 0) is 6.54 Å². The van der Waals surface area contributed by atoms with Crippen LogP contribution < -0.4 is 11.1 Å². The van der Waals surface area contributed by atoms with Crippen molar-refractivity contribution in [3.05, 3.63) is 30.1 Å². The van der Waals surface area contributed by atoms with E-state index in [4.69, 9.17) is 5.73 Å². The van der Waals surface area contributed by atoms with Crippen LogP contribution in [0.5, 0.6) is 0 Å². The lowest BCUT2D eigenvalue weighted by Gasteiger charge is -2.26. The number of fused-ring (bicyclic) bond motifs is 1. The van der Waals surface area contributed by atoms with Crippen LogP contribution in [0.2, 0.25) is 0 Å². The lowest BCUT2D eigenvalue weighted by Crippen LogP contribution is -2.43. The predicted octanol–water partition coefficient (Wildman–Crippen LogP) is 1.88. The first kappa shape index (κ1) is 20.1. The summed E-state index contributed by atoms with van der Waals surface area (Å²) in [5.74, 6) is 1.39. The lowest BCUT2D eigenvalue weighted by atomic mass is 10.2. The number of nitrogens with one attached hydrogen (secondary N) is 1. The molecule has 1 aliphatic rings. The van der Waals surface area contributed by atoms with Gasteiger partial charge in [0, 0.05) is 31.6 Å². The number of nitrogen functional groups attached to an aromatic ring is 1. The van der Waals surface area contributed by atoms with Crippen molar-refractivity contribution in [2.45, 2.75) is 6.54 Å². The van der Waals surface area contributed by atoms with Gasteiger partial charge in [0.2, 0.25) is 0 Å². The summed E-state index contributed by atoms with van der Waals surface area (Å²) in [7, 11) is 0. The molecular weight excluding hydrogens is 333 g/mol. The van der Waals surface area contributed by atoms with E-state index in [0.29, 0.717) is 5.82 Å². The average Bonchev–Trinajstić information content (AvgIpc) is 2.40. The molecule has 1 saturated heterocycles. The van der Waals surface area contributed by atoms with Gasteiger partial charge in [-0.25, -0.2) is 9.97 Å². The maximum Gasteiger partial charge on any atom is 0.145 e. The molecule has 5 nitrogen and oxygen atoms in total. The van der Waals surface area contributed by atoms with Crippen LogP contribution in [0.15, 0.2) is 24.3 Å². The number of rotatable bonds is 2. The Labute approximate surface area is 142 Å². The molecule has 0 radical (unpaired) electrons. The minimum Gasteiger partial charge on any atom is -0.383 e. The Kier molecular flexibility index (Phi) is 8.85. The SMILES string of the molecule is Cl.Cl.Cl.Nc1nc(CN2CCNCC2)nc2ccccc12. The van der Waals surface area contributed by atoms with Gasteiger partial charge in [-0.05, 0) is 12.1 Å². The number of hydrogen-bond donors (Lipinski definition) is 2. The van der Waals surface area contributed by atoms with Gasteiger partial charge in [0.25, 0.3) is 0 Å². The molecule has 3 rings (SSSR count). The third-order valence-corrected chi connectivity index (χ3v) is 3.25. The topological polar surface area (TPSA) is 67.1 Å². The zero-order valence-corrected chi connectivity index (χ0v) is 13.9. The maximum absolute atomic E-state index is 5.98. The summed E-state index contributed by atoms with van der Waals surface area (Å²) in [5, 5.41) is 4.27. The molecule has 3 N–H and O–H groups in total. The van der Waals surface area contributed by atoms with E-state index in [9.17, 15) is 0 Å². The van der Waals surface area contributed by atoms with Crippen molar-refractivity contribution in [1.29, 1.82) is 0 Å². The normalized spacial score (nSPS) is 14.7. The van der Waals surface area contributed by atoms with Crippen molar-refractivity contribution >= 4 is 53.9 Å². The molecule has 0 atom stereocenters. The molecule has 0 unspecified atom stereocenters.